The van der Waals surface area contributed by atoms with Crippen LogP contribution in [0.2, 0.25) is 0 Å². The van der Waals surface area contributed by atoms with Crippen molar-refractivity contribution in [3.8, 4) is 11.8 Å². The average molecular weight is 280 g/mol. The lowest BCUT2D eigenvalue weighted by molar-refractivity contribution is 0.340. The van der Waals surface area contributed by atoms with Gasteiger partial charge in [-0.05, 0) is 36.6 Å². The Hall–Kier alpha value is -2.31. The first-order valence-corrected chi connectivity index (χ1v) is 7.23. The summed E-state index contributed by atoms with van der Waals surface area (Å²) < 4.78 is 5.41. The number of hydrogen-bond donors (Lipinski definition) is 1. The fourth-order valence-corrected chi connectivity index (χ4v) is 2.17. The lowest BCUT2D eigenvalue weighted by Crippen LogP contribution is -2.22. The van der Waals surface area contributed by atoms with E-state index in [0.717, 1.165) is 24.3 Å². The van der Waals surface area contributed by atoms with Crippen LogP contribution in [0.4, 0.5) is 0 Å². The summed E-state index contributed by atoms with van der Waals surface area (Å²) in [4.78, 5) is 0. The molecule has 0 heterocycles. The number of benzene rings is 2. The van der Waals surface area contributed by atoms with E-state index in [1.807, 2.05) is 49.4 Å². The van der Waals surface area contributed by atoms with E-state index < -0.39 is 0 Å². The quantitative estimate of drug-likeness (QED) is 0.844. The highest BCUT2D eigenvalue weighted by atomic mass is 16.5. The van der Waals surface area contributed by atoms with Gasteiger partial charge in [-0.2, -0.15) is 5.26 Å². The van der Waals surface area contributed by atoms with Crippen LogP contribution in [0.5, 0.6) is 5.75 Å². The maximum absolute atomic E-state index is 9.31. The molecular weight excluding hydrogens is 260 g/mol. The molecule has 3 nitrogen and oxygen atoms in total. The predicted molar refractivity (Wildman–Crippen MR) is 84.1 cm³/mol. The molecule has 0 radical (unpaired) electrons. The number of nitriles is 1. The highest BCUT2D eigenvalue weighted by Gasteiger charge is 2.09. The minimum Gasteiger partial charge on any atom is -0.494 e. The van der Waals surface area contributed by atoms with Crippen molar-refractivity contribution in [2.24, 2.45) is 0 Å². The number of ether oxygens (including phenoxy) is 1. The van der Waals surface area contributed by atoms with Crippen LogP contribution in [0, 0.1) is 11.3 Å². The third kappa shape index (κ3) is 4.62. The van der Waals surface area contributed by atoms with Gasteiger partial charge in [0.05, 0.1) is 12.7 Å². The highest BCUT2D eigenvalue weighted by molar-refractivity contribution is 5.31. The zero-order chi connectivity index (χ0) is 14.9. The molecule has 0 saturated carbocycles. The Kier molecular flexibility index (Phi) is 5.81. The summed E-state index contributed by atoms with van der Waals surface area (Å²) in [6, 6.07) is 20.0. The normalized spacial score (nSPS) is 11.6. The molecule has 1 unspecified atom stereocenters. The van der Waals surface area contributed by atoms with E-state index in [-0.39, 0.29) is 6.04 Å². The molecule has 3 heteroatoms. The Labute approximate surface area is 126 Å². The predicted octanol–water partition coefficient (Wildman–Crippen LogP) is 3.48. The molecule has 0 amide bonds. The van der Waals surface area contributed by atoms with Gasteiger partial charge < -0.3 is 4.74 Å². The fourth-order valence-electron chi connectivity index (χ4n) is 2.17. The topological polar surface area (TPSA) is 45.0 Å². The molecule has 0 aromatic heterocycles. The number of nitrogens with one attached hydrogen (secondary N) is 1. The standard InChI is InChI=1S/C18H20N2O/c1-2-21-17-10-8-16(9-11-17)18(14-19)20-13-12-15-6-4-3-5-7-15/h3-11,18,20H,2,12-13H2,1H3. The molecule has 0 aliphatic heterocycles. The molecule has 0 aliphatic carbocycles. The molecule has 0 bridgehead atoms. The van der Waals surface area contributed by atoms with Crippen molar-refractivity contribution in [1.82, 2.24) is 5.32 Å². The molecule has 2 rings (SSSR count). The Morgan fingerprint density at radius 1 is 1.10 bits per heavy atom. The molecule has 21 heavy (non-hydrogen) atoms. The first kappa shape index (κ1) is 15.1. The second-order valence-electron chi connectivity index (χ2n) is 4.75. The van der Waals surface area contributed by atoms with Gasteiger partial charge in [0.15, 0.2) is 0 Å². The van der Waals surface area contributed by atoms with Crippen LogP contribution in [-0.4, -0.2) is 13.2 Å². The van der Waals surface area contributed by atoms with Gasteiger partial charge in [-0.15, -0.1) is 0 Å². The first-order chi connectivity index (χ1) is 10.3. The maximum Gasteiger partial charge on any atom is 0.121 e. The van der Waals surface area contributed by atoms with Gasteiger partial charge in [-0.3, -0.25) is 5.32 Å². The van der Waals surface area contributed by atoms with E-state index in [0.29, 0.717) is 6.61 Å². The molecule has 1 N–H and O–H groups in total. The number of nitrogens with zero attached hydrogens (tertiary/aromatic N) is 1. The third-order valence-electron chi connectivity index (χ3n) is 3.26. The molecule has 108 valence electrons. The summed E-state index contributed by atoms with van der Waals surface area (Å²) in [6.45, 7) is 3.38. The summed E-state index contributed by atoms with van der Waals surface area (Å²) in [5.74, 6) is 0.835. The molecular formula is C18H20N2O. The smallest absolute Gasteiger partial charge is 0.121 e. The van der Waals surface area contributed by atoms with Crippen molar-refractivity contribution in [2.45, 2.75) is 19.4 Å². The van der Waals surface area contributed by atoms with E-state index in [9.17, 15) is 5.26 Å². The van der Waals surface area contributed by atoms with Gasteiger partial charge in [0, 0.05) is 6.54 Å². The van der Waals surface area contributed by atoms with Crippen LogP contribution in [0.15, 0.2) is 54.6 Å². The minimum atomic E-state index is -0.288. The van der Waals surface area contributed by atoms with E-state index in [1.54, 1.807) is 0 Å². The van der Waals surface area contributed by atoms with Crippen molar-refractivity contribution < 1.29 is 4.74 Å². The van der Waals surface area contributed by atoms with Gasteiger partial charge in [-0.1, -0.05) is 42.5 Å². The Balaban J connectivity index is 1.89. The number of rotatable bonds is 7. The van der Waals surface area contributed by atoms with Gasteiger partial charge >= 0.3 is 0 Å². The molecule has 2 aromatic rings. The molecule has 0 saturated heterocycles. The lowest BCUT2D eigenvalue weighted by atomic mass is 10.1. The Bertz CT molecular complexity index is 572. The summed E-state index contributed by atoms with van der Waals surface area (Å²) in [7, 11) is 0. The molecule has 1 atom stereocenters. The van der Waals surface area contributed by atoms with Crippen LogP contribution < -0.4 is 10.1 Å². The molecule has 0 fully saturated rings. The van der Waals surface area contributed by atoms with E-state index in [1.165, 1.54) is 5.56 Å². The Morgan fingerprint density at radius 3 is 2.43 bits per heavy atom. The van der Waals surface area contributed by atoms with E-state index in [4.69, 9.17) is 4.74 Å². The van der Waals surface area contributed by atoms with Crippen molar-refractivity contribution in [1.29, 1.82) is 5.26 Å². The summed E-state index contributed by atoms with van der Waals surface area (Å²) in [6.07, 6.45) is 0.913. The second-order valence-corrected chi connectivity index (χ2v) is 4.75. The van der Waals surface area contributed by atoms with Crippen LogP contribution in [-0.2, 0) is 6.42 Å². The zero-order valence-electron chi connectivity index (χ0n) is 12.3. The largest absolute Gasteiger partial charge is 0.494 e. The van der Waals surface area contributed by atoms with E-state index in [2.05, 4.69) is 23.5 Å². The fraction of sp³-hybridized carbons (Fsp3) is 0.278. The third-order valence-corrected chi connectivity index (χ3v) is 3.26. The van der Waals surface area contributed by atoms with Crippen molar-refractivity contribution in [3.05, 3.63) is 65.7 Å². The first-order valence-electron chi connectivity index (χ1n) is 7.23. The van der Waals surface area contributed by atoms with Crippen molar-refractivity contribution >= 4 is 0 Å². The summed E-state index contributed by atoms with van der Waals surface area (Å²) in [5.41, 5.74) is 2.24. The zero-order valence-corrected chi connectivity index (χ0v) is 12.3. The van der Waals surface area contributed by atoms with Gasteiger partial charge in [0.25, 0.3) is 0 Å². The monoisotopic (exact) mass is 280 g/mol. The van der Waals surface area contributed by atoms with Crippen molar-refractivity contribution in [3.63, 3.8) is 0 Å². The summed E-state index contributed by atoms with van der Waals surface area (Å²) in [5, 5.41) is 12.6. The Morgan fingerprint density at radius 2 is 1.81 bits per heavy atom. The maximum atomic E-state index is 9.31. The molecule has 0 aliphatic rings. The lowest BCUT2D eigenvalue weighted by Gasteiger charge is -2.12. The minimum absolute atomic E-state index is 0.288. The van der Waals surface area contributed by atoms with Crippen LogP contribution in [0.25, 0.3) is 0 Å². The number of hydrogen-bond acceptors (Lipinski definition) is 3. The van der Waals surface area contributed by atoms with Gasteiger partial charge in [-0.25, -0.2) is 0 Å². The van der Waals surface area contributed by atoms with Gasteiger partial charge in [0.1, 0.15) is 11.8 Å². The van der Waals surface area contributed by atoms with Crippen molar-refractivity contribution in [2.75, 3.05) is 13.2 Å². The molecule has 2 aromatic carbocycles. The summed E-state index contributed by atoms with van der Waals surface area (Å²) >= 11 is 0. The van der Waals surface area contributed by atoms with Crippen LogP contribution >= 0.6 is 0 Å². The SMILES string of the molecule is CCOc1ccc(C(C#N)NCCc2ccccc2)cc1. The average Bonchev–Trinajstić information content (AvgIpc) is 2.54. The van der Waals surface area contributed by atoms with E-state index >= 15 is 0 Å². The highest BCUT2D eigenvalue weighted by Crippen LogP contribution is 2.17. The van der Waals surface area contributed by atoms with Gasteiger partial charge in [0.2, 0.25) is 0 Å². The second kappa shape index (κ2) is 8.08. The van der Waals surface area contributed by atoms with Crippen LogP contribution in [0.3, 0.4) is 0 Å². The van der Waals surface area contributed by atoms with Crippen LogP contribution in [0.1, 0.15) is 24.1 Å². The molecule has 0 spiro atoms.